The third-order valence-electron chi connectivity index (χ3n) is 7.34. The predicted molar refractivity (Wildman–Crippen MR) is 110 cm³/mol. The monoisotopic (exact) mass is 457 g/mol. The fraction of sp³-hybridized carbons (Fsp3) is 0.500. The molecule has 0 radical (unpaired) electrons. The van der Waals surface area contributed by atoms with Crippen LogP contribution < -0.4 is 4.74 Å². The smallest absolute Gasteiger partial charge is 0.387 e. The zero-order valence-electron chi connectivity index (χ0n) is 17.6. The Morgan fingerprint density at radius 3 is 2.24 bits per heavy atom. The lowest BCUT2D eigenvalue weighted by Gasteiger charge is -2.56. The number of rotatable bonds is 6. The molecule has 2 heterocycles. The fourth-order valence-corrected chi connectivity index (χ4v) is 6.45. The predicted octanol–water partition coefficient (Wildman–Crippen LogP) is 5.04. The molecule has 11 heteroatoms. The van der Waals surface area contributed by atoms with Crippen LogP contribution in [-0.4, -0.2) is 31.5 Å². The Hall–Kier alpha value is -3.37. The summed E-state index contributed by atoms with van der Waals surface area (Å²) in [6.45, 7) is -2.92. The molecule has 3 aromatic rings. The average Bonchev–Trinajstić information content (AvgIpc) is 3.41. The van der Waals surface area contributed by atoms with Crippen molar-refractivity contribution in [3.05, 3.63) is 40.6 Å². The number of alkyl halides is 2. The van der Waals surface area contributed by atoms with Crippen LogP contribution in [0, 0.1) is 27.9 Å². The maximum absolute atomic E-state index is 12.3. The first-order chi connectivity index (χ1) is 15.9. The summed E-state index contributed by atoms with van der Waals surface area (Å²) in [5.41, 5.74) is 0.175. The minimum absolute atomic E-state index is 0.00144. The van der Waals surface area contributed by atoms with Gasteiger partial charge in [-0.25, -0.2) is 0 Å². The minimum Gasteiger partial charge on any atom is -0.435 e. The van der Waals surface area contributed by atoms with Crippen LogP contribution in [0.3, 0.4) is 0 Å². The fourth-order valence-electron chi connectivity index (χ4n) is 6.45. The molecule has 4 fully saturated rings. The lowest BCUT2D eigenvalue weighted by Crippen LogP contribution is -2.52. The first-order valence-corrected chi connectivity index (χ1v) is 11.0. The Morgan fingerprint density at radius 1 is 1.06 bits per heavy atom. The molecule has 4 bridgehead atoms. The summed E-state index contributed by atoms with van der Waals surface area (Å²) in [7, 11) is 0. The lowest BCUT2D eigenvalue weighted by molar-refractivity contribution is -0.384. The van der Waals surface area contributed by atoms with Crippen LogP contribution >= 0.6 is 0 Å². The van der Waals surface area contributed by atoms with Crippen molar-refractivity contribution in [1.29, 1.82) is 0 Å². The van der Waals surface area contributed by atoms with Crippen LogP contribution in [-0.2, 0) is 5.54 Å². The van der Waals surface area contributed by atoms with Crippen molar-refractivity contribution >= 4 is 5.69 Å². The molecule has 0 spiro atoms. The summed E-state index contributed by atoms with van der Waals surface area (Å²) < 4.78 is 36.5. The molecule has 7 rings (SSSR count). The molecule has 0 amide bonds. The highest BCUT2D eigenvalue weighted by molar-refractivity contribution is 5.63. The van der Waals surface area contributed by atoms with Gasteiger partial charge >= 0.3 is 12.3 Å². The Bertz CT molecular complexity index is 1170. The standard InChI is InChI=1S/C22H21F2N5O4/c23-21(24)32-16-3-1-15(2-4-16)19-25-26-20(33-19)18-17(29(30)31)11-28(27-18)22-8-12-5-13(9-22)7-14(6-12)10-22/h1-4,11-14,21H,5-10H2. The first-order valence-electron chi connectivity index (χ1n) is 11.0. The SMILES string of the molecule is O=[N+]([O-])c1cn(C23CC4CC(CC(C4)C2)C3)nc1-c1nnc(-c2ccc(OC(F)F)cc2)o1. The van der Waals surface area contributed by atoms with Crippen LogP contribution in [0.25, 0.3) is 23.0 Å². The van der Waals surface area contributed by atoms with E-state index >= 15 is 0 Å². The maximum Gasteiger partial charge on any atom is 0.387 e. The topological polar surface area (TPSA) is 109 Å². The van der Waals surface area contributed by atoms with Gasteiger partial charge in [0, 0.05) is 5.56 Å². The van der Waals surface area contributed by atoms with Crippen molar-refractivity contribution in [2.75, 3.05) is 0 Å². The van der Waals surface area contributed by atoms with Gasteiger partial charge in [-0.3, -0.25) is 14.8 Å². The van der Waals surface area contributed by atoms with Crippen molar-refractivity contribution in [3.8, 4) is 28.8 Å². The molecule has 0 aliphatic heterocycles. The van der Waals surface area contributed by atoms with E-state index in [1.54, 1.807) is 4.68 Å². The molecule has 4 aliphatic carbocycles. The van der Waals surface area contributed by atoms with Crippen molar-refractivity contribution in [3.63, 3.8) is 0 Å². The summed E-state index contributed by atoms with van der Waals surface area (Å²) in [4.78, 5) is 11.4. The normalized spacial score (nSPS) is 27.9. The Balaban J connectivity index is 1.33. The van der Waals surface area contributed by atoms with Crippen molar-refractivity contribution in [2.24, 2.45) is 17.8 Å². The van der Waals surface area contributed by atoms with Crippen LogP contribution in [0.4, 0.5) is 14.5 Å². The highest BCUT2D eigenvalue weighted by Gasteiger charge is 2.53. The highest BCUT2D eigenvalue weighted by atomic mass is 19.3. The van der Waals surface area contributed by atoms with Crippen molar-refractivity contribution < 1.29 is 22.9 Å². The van der Waals surface area contributed by atoms with E-state index < -0.39 is 11.5 Å². The number of halogens is 2. The van der Waals surface area contributed by atoms with E-state index in [1.807, 2.05) is 0 Å². The average molecular weight is 457 g/mol. The van der Waals surface area contributed by atoms with Crippen LogP contribution in [0.5, 0.6) is 5.75 Å². The number of benzene rings is 1. The van der Waals surface area contributed by atoms with Gasteiger partial charge in [-0.05, 0) is 80.5 Å². The van der Waals surface area contributed by atoms with Crippen LogP contribution in [0.15, 0.2) is 34.9 Å². The van der Waals surface area contributed by atoms with Gasteiger partial charge in [0.25, 0.3) is 5.89 Å². The number of ether oxygens (including phenoxy) is 1. The molecule has 0 N–H and O–H groups in total. The number of aromatic nitrogens is 4. The van der Waals surface area contributed by atoms with Crippen molar-refractivity contribution in [2.45, 2.75) is 50.7 Å². The van der Waals surface area contributed by atoms with Gasteiger partial charge in [-0.15, -0.1) is 10.2 Å². The molecule has 4 saturated carbocycles. The molecule has 172 valence electrons. The molecule has 2 aromatic heterocycles. The summed E-state index contributed by atoms with van der Waals surface area (Å²) in [6.07, 6.45) is 8.28. The zero-order chi connectivity index (χ0) is 22.7. The van der Waals surface area contributed by atoms with E-state index in [4.69, 9.17) is 4.42 Å². The first kappa shape index (κ1) is 20.3. The van der Waals surface area contributed by atoms with Gasteiger partial charge < -0.3 is 9.15 Å². The number of nitrogens with zero attached hydrogens (tertiary/aromatic N) is 5. The second-order valence-electron chi connectivity index (χ2n) is 9.52. The van der Waals surface area contributed by atoms with Gasteiger partial charge in [0.05, 0.1) is 10.5 Å². The van der Waals surface area contributed by atoms with E-state index in [2.05, 4.69) is 20.0 Å². The van der Waals surface area contributed by atoms with Crippen LogP contribution in [0.1, 0.15) is 38.5 Å². The summed E-state index contributed by atoms with van der Waals surface area (Å²) in [5, 5.41) is 24.4. The van der Waals surface area contributed by atoms with Gasteiger partial charge in [0.1, 0.15) is 11.9 Å². The lowest BCUT2D eigenvalue weighted by atomic mass is 9.53. The molecule has 4 aliphatic rings. The quantitative estimate of drug-likeness (QED) is 0.377. The van der Waals surface area contributed by atoms with E-state index in [-0.39, 0.29) is 34.5 Å². The minimum atomic E-state index is -2.92. The second kappa shape index (κ2) is 7.32. The molecular formula is C22H21F2N5O4. The summed E-state index contributed by atoms with van der Waals surface area (Å²) in [6, 6.07) is 5.71. The van der Waals surface area contributed by atoms with Gasteiger partial charge in [0.15, 0.2) is 0 Å². The molecule has 0 saturated heterocycles. The number of hydrogen-bond donors (Lipinski definition) is 0. The molecule has 0 unspecified atom stereocenters. The molecule has 33 heavy (non-hydrogen) atoms. The van der Waals surface area contributed by atoms with E-state index in [0.717, 1.165) is 19.3 Å². The Kier molecular flexibility index (Phi) is 4.49. The highest BCUT2D eigenvalue weighted by Crippen LogP contribution is 2.59. The zero-order valence-corrected chi connectivity index (χ0v) is 17.6. The van der Waals surface area contributed by atoms with Crippen LogP contribution in [0.2, 0.25) is 0 Å². The maximum atomic E-state index is 12.3. The Labute approximate surface area is 186 Å². The third kappa shape index (κ3) is 3.46. The summed E-state index contributed by atoms with van der Waals surface area (Å²) >= 11 is 0. The van der Waals surface area contributed by atoms with E-state index in [1.165, 1.54) is 49.7 Å². The number of nitro groups is 1. The van der Waals surface area contributed by atoms with Gasteiger partial charge in [0.2, 0.25) is 11.6 Å². The second-order valence-corrected chi connectivity index (χ2v) is 9.52. The molecular weight excluding hydrogens is 436 g/mol. The largest absolute Gasteiger partial charge is 0.435 e. The molecule has 1 aromatic carbocycles. The van der Waals surface area contributed by atoms with Gasteiger partial charge in [-0.2, -0.15) is 13.9 Å². The van der Waals surface area contributed by atoms with E-state index in [0.29, 0.717) is 23.3 Å². The summed E-state index contributed by atoms with van der Waals surface area (Å²) in [5.74, 6) is 2.04. The van der Waals surface area contributed by atoms with Crippen molar-refractivity contribution in [1.82, 2.24) is 20.0 Å². The number of hydrogen-bond acceptors (Lipinski definition) is 7. The third-order valence-corrected chi connectivity index (χ3v) is 7.34. The Morgan fingerprint density at radius 2 is 1.67 bits per heavy atom. The molecule has 9 nitrogen and oxygen atoms in total. The molecule has 0 atom stereocenters. The van der Waals surface area contributed by atoms with E-state index in [9.17, 15) is 18.9 Å². The van der Waals surface area contributed by atoms with Gasteiger partial charge in [-0.1, -0.05) is 0 Å².